The van der Waals surface area contributed by atoms with Crippen molar-refractivity contribution in [1.82, 2.24) is 4.90 Å². The Morgan fingerprint density at radius 1 is 1.24 bits per heavy atom. The number of amidine groups is 1. The maximum atomic E-state index is 13.2. The van der Waals surface area contributed by atoms with Gasteiger partial charge in [0.25, 0.3) is 0 Å². The summed E-state index contributed by atoms with van der Waals surface area (Å²) in [5.74, 6) is 0.326. The summed E-state index contributed by atoms with van der Waals surface area (Å²) in [4.78, 5) is 19.4. The first-order valence-electron chi connectivity index (χ1n) is 10.3. The molecule has 0 aromatic heterocycles. The standard InChI is InChI=1S/C24H22BrFN2O4S/c1-4-31-23(29)21-14(2)27-24-28(9-10-33-24)22(21)17-11-19(30-3)20(12-18(17)25)32-13-15-5-7-16(26)8-6-15/h5-12,22H,4,13H2,1-3H3/t22-/m1/s1. The lowest BCUT2D eigenvalue weighted by Crippen LogP contribution is -2.34. The molecule has 0 aliphatic carbocycles. The summed E-state index contributed by atoms with van der Waals surface area (Å²) >= 11 is 5.15. The number of hydrogen-bond acceptors (Lipinski definition) is 7. The number of methoxy groups -OCH3 is 1. The third-order valence-corrected chi connectivity index (χ3v) is 6.66. The first-order valence-corrected chi connectivity index (χ1v) is 11.9. The zero-order chi connectivity index (χ0) is 23.5. The van der Waals surface area contributed by atoms with E-state index in [9.17, 15) is 9.18 Å². The van der Waals surface area contributed by atoms with Gasteiger partial charge in [-0.25, -0.2) is 14.2 Å². The lowest BCUT2D eigenvalue weighted by molar-refractivity contribution is -0.139. The van der Waals surface area contributed by atoms with Gasteiger partial charge in [-0.15, -0.1) is 0 Å². The number of ether oxygens (including phenoxy) is 3. The number of fused-ring (bicyclic) bond motifs is 1. The molecule has 2 aromatic carbocycles. The molecular formula is C24H22BrFN2O4S. The number of halogens is 2. The molecule has 172 valence electrons. The predicted molar refractivity (Wildman–Crippen MR) is 130 cm³/mol. The number of esters is 1. The Labute approximate surface area is 204 Å². The molecule has 2 aliphatic heterocycles. The van der Waals surface area contributed by atoms with Gasteiger partial charge in [-0.1, -0.05) is 39.8 Å². The van der Waals surface area contributed by atoms with Crippen LogP contribution in [0.5, 0.6) is 11.5 Å². The van der Waals surface area contributed by atoms with Crippen molar-refractivity contribution < 1.29 is 23.4 Å². The Morgan fingerprint density at radius 2 is 2.00 bits per heavy atom. The molecule has 2 aromatic rings. The summed E-state index contributed by atoms with van der Waals surface area (Å²) in [6, 6.07) is 9.34. The predicted octanol–water partition coefficient (Wildman–Crippen LogP) is 5.94. The highest BCUT2D eigenvalue weighted by molar-refractivity contribution is 9.10. The first kappa shape index (κ1) is 23.4. The average molecular weight is 533 g/mol. The number of thioether (sulfide) groups is 1. The number of allylic oxidation sites excluding steroid dienone is 1. The summed E-state index contributed by atoms with van der Waals surface area (Å²) in [6.07, 6.45) is 1.90. The number of rotatable bonds is 7. The van der Waals surface area contributed by atoms with Gasteiger partial charge < -0.3 is 19.1 Å². The Balaban J connectivity index is 1.71. The van der Waals surface area contributed by atoms with E-state index in [1.165, 1.54) is 23.9 Å². The lowest BCUT2D eigenvalue weighted by Gasteiger charge is -2.34. The maximum Gasteiger partial charge on any atom is 0.338 e. The van der Waals surface area contributed by atoms with Crippen molar-refractivity contribution in [3.8, 4) is 11.5 Å². The minimum Gasteiger partial charge on any atom is -0.493 e. The van der Waals surface area contributed by atoms with Crippen molar-refractivity contribution in [2.45, 2.75) is 26.5 Å². The molecule has 6 nitrogen and oxygen atoms in total. The SMILES string of the molecule is CCOC(=O)C1=C(C)N=C2SC=CN2[C@@H]1c1cc(OC)c(OCc2ccc(F)cc2)cc1Br. The van der Waals surface area contributed by atoms with Gasteiger partial charge in [-0.3, -0.25) is 0 Å². The summed E-state index contributed by atoms with van der Waals surface area (Å²) in [7, 11) is 1.56. The van der Waals surface area contributed by atoms with Gasteiger partial charge >= 0.3 is 5.97 Å². The van der Waals surface area contributed by atoms with Crippen LogP contribution in [0.3, 0.4) is 0 Å². The highest BCUT2D eigenvalue weighted by Gasteiger charge is 2.38. The Hall–Kier alpha value is -2.78. The van der Waals surface area contributed by atoms with Crippen molar-refractivity contribution in [2.24, 2.45) is 4.99 Å². The molecule has 0 saturated carbocycles. The minimum atomic E-state index is -0.447. The van der Waals surface area contributed by atoms with Crippen LogP contribution in [0, 0.1) is 5.82 Å². The molecule has 0 fully saturated rings. The molecule has 0 saturated heterocycles. The Kier molecular flexibility index (Phi) is 7.09. The van der Waals surface area contributed by atoms with E-state index in [0.717, 1.165) is 20.8 Å². The molecule has 0 N–H and O–H groups in total. The highest BCUT2D eigenvalue weighted by atomic mass is 79.9. The molecule has 1 atom stereocenters. The molecule has 4 rings (SSSR count). The Morgan fingerprint density at radius 3 is 2.70 bits per heavy atom. The minimum absolute atomic E-state index is 0.251. The smallest absolute Gasteiger partial charge is 0.338 e. The monoisotopic (exact) mass is 532 g/mol. The van der Waals surface area contributed by atoms with E-state index in [2.05, 4.69) is 20.9 Å². The van der Waals surface area contributed by atoms with Crippen molar-refractivity contribution in [3.05, 3.63) is 80.7 Å². The average Bonchev–Trinajstić information content (AvgIpc) is 3.26. The van der Waals surface area contributed by atoms with Crippen LogP contribution in [-0.4, -0.2) is 29.8 Å². The molecule has 0 radical (unpaired) electrons. The number of benzene rings is 2. The number of aliphatic imine (C=N–C) groups is 1. The van der Waals surface area contributed by atoms with Gasteiger partial charge in [0.15, 0.2) is 16.7 Å². The van der Waals surface area contributed by atoms with Crippen molar-refractivity contribution in [3.63, 3.8) is 0 Å². The molecular weight excluding hydrogens is 511 g/mol. The summed E-state index contributed by atoms with van der Waals surface area (Å²) < 4.78 is 30.8. The van der Waals surface area contributed by atoms with Gasteiger partial charge in [-0.2, -0.15) is 0 Å². The van der Waals surface area contributed by atoms with Gasteiger partial charge in [0.1, 0.15) is 12.4 Å². The van der Waals surface area contributed by atoms with Gasteiger partial charge in [-0.05, 0) is 54.6 Å². The van der Waals surface area contributed by atoms with Crippen LogP contribution in [0.25, 0.3) is 0 Å². The van der Waals surface area contributed by atoms with Gasteiger partial charge in [0.2, 0.25) is 0 Å². The van der Waals surface area contributed by atoms with Crippen molar-refractivity contribution in [1.29, 1.82) is 0 Å². The first-order chi connectivity index (χ1) is 15.9. The largest absolute Gasteiger partial charge is 0.493 e. The zero-order valence-electron chi connectivity index (χ0n) is 18.3. The van der Waals surface area contributed by atoms with Crippen molar-refractivity contribution >= 4 is 38.8 Å². The topological polar surface area (TPSA) is 60.4 Å². The summed E-state index contributed by atoms with van der Waals surface area (Å²) in [5, 5.41) is 2.71. The fraction of sp³-hybridized carbons (Fsp3) is 0.250. The van der Waals surface area contributed by atoms with Gasteiger partial charge in [0, 0.05) is 10.7 Å². The molecule has 0 bridgehead atoms. The van der Waals surface area contributed by atoms with Crippen LogP contribution in [0.15, 0.2) is 68.7 Å². The lowest BCUT2D eigenvalue weighted by atomic mass is 9.94. The van der Waals surface area contributed by atoms with E-state index in [-0.39, 0.29) is 19.0 Å². The zero-order valence-corrected chi connectivity index (χ0v) is 20.7. The maximum absolute atomic E-state index is 13.2. The summed E-state index contributed by atoms with van der Waals surface area (Å²) in [5.41, 5.74) is 2.72. The number of hydrogen-bond donors (Lipinski definition) is 0. The van der Waals surface area contributed by atoms with Crippen LogP contribution in [0.1, 0.15) is 31.0 Å². The number of carbonyl (C=O) groups excluding carboxylic acids is 1. The highest BCUT2D eigenvalue weighted by Crippen LogP contribution is 2.46. The van der Waals surface area contributed by atoms with Crippen LogP contribution >= 0.6 is 27.7 Å². The van der Waals surface area contributed by atoms with Gasteiger partial charge in [0.05, 0.1) is 31.0 Å². The van der Waals surface area contributed by atoms with Crippen LogP contribution in [0.4, 0.5) is 4.39 Å². The van der Waals surface area contributed by atoms with E-state index in [0.29, 0.717) is 22.8 Å². The normalized spacial score (nSPS) is 17.1. The second-order valence-corrected chi connectivity index (χ2v) is 8.99. The van der Waals surface area contributed by atoms with E-state index in [1.54, 1.807) is 26.2 Å². The van der Waals surface area contributed by atoms with Crippen LogP contribution < -0.4 is 9.47 Å². The van der Waals surface area contributed by atoms with E-state index in [1.807, 2.05) is 35.6 Å². The molecule has 0 unspecified atom stereocenters. The second-order valence-electron chi connectivity index (χ2n) is 7.27. The molecule has 0 spiro atoms. The molecule has 0 amide bonds. The third-order valence-electron chi connectivity index (χ3n) is 5.20. The van der Waals surface area contributed by atoms with Crippen LogP contribution in [-0.2, 0) is 16.1 Å². The third kappa shape index (κ3) is 4.79. The second kappa shape index (κ2) is 10.0. The van der Waals surface area contributed by atoms with Crippen LogP contribution in [0.2, 0.25) is 0 Å². The van der Waals surface area contributed by atoms with E-state index < -0.39 is 12.0 Å². The molecule has 2 heterocycles. The quantitative estimate of drug-likeness (QED) is 0.411. The molecule has 33 heavy (non-hydrogen) atoms. The fourth-order valence-electron chi connectivity index (χ4n) is 3.65. The fourth-order valence-corrected chi connectivity index (χ4v) is 4.98. The summed E-state index contributed by atoms with van der Waals surface area (Å²) in [6.45, 7) is 4.11. The van der Waals surface area contributed by atoms with Crippen molar-refractivity contribution in [2.75, 3.05) is 13.7 Å². The van der Waals surface area contributed by atoms with E-state index >= 15 is 0 Å². The van der Waals surface area contributed by atoms with E-state index in [4.69, 9.17) is 14.2 Å². The Bertz CT molecular complexity index is 1160. The molecule has 2 aliphatic rings. The number of carbonyl (C=O) groups is 1. The molecule has 9 heteroatoms. The number of nitrogens with zero attached hydrogens (tertiary/aromatic N) is 2.